The molecule has 86 valence electrons. The van der Waals surface area contributed by atoms with Crippen LogP contribution in [0.2, 0.25) is 0 Å². The van der Waals surface area contributed by atoms with E-state index in [-0.39, 0.29) is 5.69 Å². The van der Waals surface area contributed by atoms with Crippen LogP contribution in [0.1, 0.15) is 10.5 Å². The first-order chi connectivity index (χ1) is 8.20. The van der Waals surface area contributed by atoms with E-state index >= 15 is 0 Å². The summed E-state index contributed by atoms with van der Waals surface area (Å²) in [6.07, 6.45) is 1.55. The molecule has 2 aromatic rings. The van der Waals surface area contributed by atoms with E-state index in [0.717, 1.165) is 16.9 Å². The number of pyridine rings is 1. The number of aromatic carboxylic acids is 1. The van der Waals surface area contributed by atoms with Gasteiger partial charge in [0.25, 0.3) is 0 Å². The van der Waals surface area contributed by atoms with Crippen LogP contribution < -0.4 is 4.74 Å². The molecule has 0 fully saturated rings. The minimum absolute atomic E-state index is 0.0438. The minimum atomic E-state index is -1.02. The summed E-state index contributed by atoms with van der Waals surface area (Å²) in [5.74, 6) is -0.241. The first-order valence-corrected chi connectivity index (χ1v) is 5.04. The Bertz CT molecular complexity index is 517. The second-order valence-electron chi connectivity index (χ2n) is 3.47. The van der Waals surface area contributed by atoms with Crippen LogP contribution in [-0.2, 0) is 0 Å². The van der Waals surface area contributed by atoms with E-state index in [4.69, 9.17) is 9.84 Å². The van der Waals surface area contributed by atoms with Gasteiger partial charge in [-0.3, -0.25) is 0 Å². The molecule has 0 unspecified atom stereocenters. The van der Waals surface area contributed by atoms with Crippen LogP contribution in [0.5, 0.6) is 5.75 Å². The summed E-state index contributed by atoms with van der Waals surface area (Å²) >= 11 is 0. The van der Waals surface area contributed by atoms with E-state index < -0.39 is 5.97 Å². The van der Waals surface area contributed by atoms with Gasteiger partial charge >= 0.3 is 5.97 Å². The lowest BCUT2D eigenvalue weighted by Crippen LogP contribution is -1.99. The molecule has 1 aromatic carbocycles. The topological polar surface area (TPSA) is 59.4 Å². The van der Waals surface area contributed by atoms with Gasteiger partial charge in [0, 0.05) is 11.8 Å². The SMILES string of the molecule is COc1ccc(-c2ccc(C(=O)O)nc2)cc1. The molecule has 0 spiro atoms. The van der Waals surface area contributed by atoms with Gasteiger partial charge in [-0.25, -0.2) is 9.78 Å². The Hall–Kier alpha value is -2.36. The minimum Gasteiger partial charge on any atom is -0.497 e. The zero-order chi connectivity index (χ0) is 12.3. The van der Waals surface area contributed by atoms with E-state index in [9.17, 15) is 4.79 Å². The molecule has 0 aliphatic heterocycles. The maximum Gasteiger partial charge on any atom is 0.354 e. The smallest absolute Gasteiger partial charge is 0.354 e. The third-order valence-corrected chi connectivity index (χ3v) is 2.41. The molecule has 0 aliphatic rings. The van der Waals surface area contributed by atoms with E-state index in [1.165, 1.54) is 6.07 Å². The van der Waals surface area contributed by atoms with E-state index in [0.29, 0.717) is 0 Å². The van der Waals surface area contributed by atoms with Gasteiger partial charge in [-0.1, -0.05) is 18.2 Å². The highest BCUT2D eigenvalue weighted by Gasteiger charge is 2.04. The molecule has 0 saturated heterocycles. The van der Waals surface area contributed by atoms with Crippen molar-refractivity contribution >= 4 is 5.97 Å². The molecule has 4 nitrogen and oxygen atoms in total. The molecule has 2 rings (SSSR count). The highest BCUT2D eigenvalue weighted by molar-refractivity contribution is 5.85. The third-order valence-electron chi connectivity index (χ3n) is 2.41. The average Bonchev–Trinajstić information content (AvgIpc) is 2.39. The highest BCUT2D eigenvalue weighted by Crippen LogP contribution is 2.21. The maximum absolute atomic E-state index is 10.7. The second kappa shape index (κ2) is 4.65. The van der Waals surface area contributed by atoms with E-state index in [2.05, 4.69) is 4.98 Å². The molecule has 0 bridgehead atoms. The lowest BCUT2D eigenvalue weighted by atomic mass is 10.1. The predicted octanol–water partition coefficient (Wildman–Crippen LogP) is 2.46. The Morgan fingerprint density at radius 2 is 1.76 bits per heavy atom. The summed E-state index contributed by atoms with van der Waals surface area (Å²) in [4.78, 5) is 14.5. The summed E-state index contributed by atoms with van der Waals surface area (Å²) in [5, 5.41) is 8.74. The number of hydrogen-bond acceptors (Lipinski definition) is 3. The maximum atomic E-state index is 10.7. The largest absolute Gasteiger partial charge is 0.497 e. The van der Waals surface area contributed by atoms with Crippen LogP contribution >= 0.6 is 0 Å². The summed E-state index contributed by atoms with van der Waals surface area (Å²) in [5.41, 5.74) is 1.88. The summed E-state index contributed by atoms with van der Waals surface area (Å²) < 4.78 is 5.06. The van der Waals surface area contributed by atoms with Gasteiger partial charge in [-0.2, -0.15) is 0 Å². The quantitative estimate of drug-likeness (QED) is 0.878. The van der Waals surface area contributed by atoms with Crippen LogP contribution in [0.3, 0.4) is 0 Å². The van der Waals surface area contributed by atoms with Gasteiger partial charge < -0.3 is 9.84 Å². The van der Waals surface area contributed by atoms with Gasteiger partial charge in [0.2, 0.25) is 0 Å². The molecular formula is C13H11NO3. The molecule has 0 radical (unpaired) electrons. The molecule has 0 aliphatic carbocycles. The fourth-order valence-corrected chi connectivity index (χ4v) is 1.47. The van der Waals surface area contributed by atoms with Crippen LogP contribution in [0.15, 0.2) is 42.6 Å². The zero-order valence-corrected chi connectivity index (χ0v) is 9.25. The molecule has 0 amide bonds. The lowest BCUT2D eigenvalue weighted by Gasteiger charge is -2.03. The fraction of sp³-hybridized carbons (Fsp3) is 0.0769. The molecule has 1 heterocycles. The molecule has 0 saturated carbocycles. The van der Waals surface area contributed by atoms with Crippen molar-refractivity contribution in [2.24, 2.45) is 0 Å². The summed E-state index contributed by atoms with van der Waals surface area (Å²) in [7, 11) is 1.61. The molecular weight excluding hydrogens is 218 g/mol. The molecule has 17 heavy (non-hydrogen) atoms. The second-order valence-corrected chi connectivity index (χ2v) is 3.47. The number of carboxylic acid groups (broad SMARTS) is 1. The highest BCUT2D eigenvalue weighted by atomic mass is 16.5. The number of ether oxygens (including phenoxy) is 1. The third kappa shape index (κ3) is 2.42. The Morgan fingerprint density at radius 3 is 2.24 bits per heavy atom. The lowest BCUT2D eigenvalue weighted by molar-refractivity contribution is 0.0690. The Balaban J connectivity index is 2.29. The number of carboxylic acids is 1. The van der Waals surface area contributed by atoms with Crippen molar-refractivity contribution in [1.29, 1.82) is 0 Å². The van der Waals surface area contributed by atoms with Crippen LogP contribution in [0, 0.1) is 0 Å². The van der Waals surface area contributed by atoms with Crippen molar-refractivity contribution < 1.29 is 14.6 Å². The molecule has 0 atom stereocenters. The number of rotatable bonds is 3. The predicted molar refractivity (Wildman–Crippen MR) is 63.2 cm³/mol. The molecule has 4 heteroatoms. The number of nitrogens with zero attached hydrogens (tertiary/aromatic N) is 1. The number of benzene rings is 1. The van der Waals surface area contributed by atoms with Crippen molar-refractivity contribution in [2.75, 3.05) is 7.11 Å². The molecule has 1 N–H and O–H groups in total. The van der Waals surface area contributed by atoms with Gasteiger partial charge in [-0.05, 0) is 23.8 Å². The van der Waals surface area contributed by atoms with Gasteiger partial charge in [0.05, 0.1) is 7.11 Å². The summed E-state index contributed by atoms with van der Waals surface area (Å²) in [6, 6.07) is 10.7. The van der Waals surface area contributed by atoms with Crippen molar-refractivity contribution in [1.82, 2.24) is 4.98 Å². The number of carbonyl (C=O) groups is 1. The standard InChI is InChI=1S/C13H11NO3/c1-17-11-5-2-9(3-6-11)10-4-7-12(13(15)16)14-8-10/h2-8H,1H3,(H,15,16). The number of hydrogen-bond donors (Lipinski definition) is 1. The van der Waals surface area contributed by atoms with Gasteiger partial charge in [-0.15, -0.1) is 0 Å². The van der Waals surface area contributed by atoms with Crippen molar-refractivity contribution in [2.45, 2.75) is 0 Å². The van der Waals surface area contributed by atoms with Crippen LogP contribution in [0.25, 0.3) is 11.1 Å². The Labute approximate surface area is 98.5 Å². The van der Waals surface area contributed by atoms with E-state index in [1.807, 2.05) is 24.3 Å². The van der Waals surface area contributed by atoms with Crippen LogP contribution in [-0.4, -0.2) is 23.2 Å². The van der Waals surface area contributed by atoms with Gasteiger partial charge in [0.1, 0.15) is 11.4 Å². The van der Waals surface area contributed by atoms with Crippen molar-refractivity contribution in [3.63, 3.8) is 0 Å². The average molecular weight is 229 g/mol. The summed E-state index contributed by atoms with van der Waals surface area (Å²) in [6.45, 7) is 0. The van der Waals surface area contributed by atoms with Crippen molar-refractivity contribution in [3.8, 4) is 16.9 Å². The molecule has 1 aromatic heterocycles. The van der Waals surface area contributed by atoms with Crippen molar-refractivity contribution in [3.05, 3.63) is 48.3 Å². The Kier molecular flexibility index (Phi) is 3.05. The number of aromatic nitrogens is 1. The van der Waals surface area contributed by atoms with Gasteiger partial charge in [0.15, 0.2) is 0 Å². The monoisotopic (exact) mass is 229 g/mol. The Morgan fingerprint density at radius 1 is 1.12 bits per heavy atom. The van der Waals surface area contributed by atoms with E-state index in [1.54, 1.807) is 19.4 Å². The fourth-order valence-electron chi connectivity index (χ4n) is 1.47. The van der Waals surface area contributed by atoms with Crippen LogP contribution in [0.4, 0.5) is 0 Å². The normalized spacial score (nSPS) is 9.94. The zero-order valence-electron chi connectivity index (χ0n) is 9.25. The first kappa shape index (κ1) is 11.1. The first-order valence-electron chi connectivity index (χ1n) is 5.04. The number of methoxy groups -OCH3 is 1.